The largest absolute Gasteiger partial charge is 0.355 e. The number of amides is 1. The van der Waals surface area contributed by atoms with Crippen LogP contribution in [0.2, 0.25) is 0 Å². The molecule has 0 spiro atoms. The Balaban J connectivity index is 2.35. The molecule has 0 radical (unpaired) electrons. The highest BCUT2D eigenvalue weighted by Gasteiger charge is 2.21. The van der Waals surface area contributed by atoms with Crippen LogP contribution in [0.5, 0.6) is 0 Å². The first-order chi connectivity index (χ1) is 6.25. The molecule has 1 atom stereocenters. The van der Waals surface area contributed by atoms with Crippen LogP contribution in [-0.2, 0) is 4.79 Å². The zero-order valence-electron chi connectivity index (χ0n) is 8.47. The summed E-state index contributed by atoms with van der Waals surface area (Å²) in [7, 11) is 0. The number of hydrogen-bond donors (Lipinski definition) is 2. The lowest BCUT2D eigenvalue weighted by molar-refractivity contribution is -0.126. The van der Waals surface area contributed by atoms with E-state index in [1.807, 2.05) is 13.8 Å². The number of hydrogen-bond acceptors (Lipinski definition) is 3. The van der Waals surface area contributed by atoms with E-state index in [1.165, 1.54) is 0 Å². The summed E-state index contributed by atoms with van der Waals surface area (Å²) in [5.74, 6) is 0.143. The summed E-state index contributed by atoms with van der Waals surface area (Å²) in [5.41, 5.74) is 0. The van der Waals surface area contributed by atoms with Crippen molar-refractivity contribution >= 4 is 5.91 Å². The molecule has 0 unspecified atom stereocenters. The molecule has 2 N–H and O–H groups in total. The Morgan fingerprint density at radius 2 is 2.15 bits per heavy atom. The van der Waals surface area contributed by atoms with Crippen LogP contribution in [0.3, 0.4) is 0 Å². The molecule has 1 fully saturated rings. The van der Waals surface area contributed by atoms with Gasteiger partial charge in [0.2, 0.25) is 5.91 Å². The number of piperazine rings is 1. The summed E-state index contributed by atoms with van der Waals surface area (Å²) in [6.45, 7) is 8.55. The third kappa shape index (κ3) is 2.97. The van der Waals surface area contributed by atoms with Crippen molar-refractivity contribution in [3.05, 3.63) is 0 Å². The Morgan fingerprint density at radius 1 is 1.54 bits per heavy atom. The number of carbonyl (C=O) groups excluding carboxylic acids is 1. The Morgan fingerprint density at radius 3 is 2.69 bits per heavy atom. The van der Waals surface area contributed by atoms with Gasteiger partial charge in [0.25, 0.3) is 0 Å². The van der Waals surface area contributed by atoms with E-state index in [2.05, 4.69) is 15.5 Å². The number of likely N-dealkylation sites (N-methyl/N-ethyl adjacent to an activating group) is 1. The molecule has 76 valence electrons. The normalized spacial score (nSPS) is 21.1. The fourth-order valence-electron chi connectivity index (χ4n) is 1.56. The van der Waals surface area contributed by atoms with Gasteiger partial charge in [-0.3, -0.25) is 9.69 Å². The SMILES string of the molecule is CCNC(=O)[C@@H](C)N1CCNCC1. The van der Waals surface area contributed by atoms with Gasteiger partial charge in [-0.15, -0.1) is 0 Å². The van der Waals surface area contributed by atoms with Crippen molar-refractivity contribution in [2.45, 2.75) is 19.9 Å². The molecule has 0 aromatic heterocycles. The van der Waals surface area contributed by atoms with Crippen molar-refractivity contribution in [2.24, 2.45) is 0 Å². The number of carbonyl (C=O) groups is 1. The standard InChI is InChI=1S/C9H19N3O/c1-3-11-9(13)8(2)12-6-4-10-5-7-12/h8,10H,3-7H2,1-2H3,(H,11,13)/t8-/m1/s1. The van der Waals surface area contributed by atoms with Crippen molar-refractivity contribution in [2.75, 3.05) is 32.7 Å². The lowest BCUT2D eigenvalue weighted by Gasteiger charge is -2.31. The van der Waals surface area contributed by atoms with Gasteiger partial charge in [0.15, 0.2) is 0 Å². The van der Waals surface area contributed by atoms with Crippen molar-refractivity contribution in [1.82, 2.24) is 15.5 Å². The summed E-state index contributed by atoms with van der Waals surface area (Å²) in [5, 5.41) is 6.11. The zero-order valence-corrected chi connectivity index (χ0v) is 8.47. The molecule has 1 aliphatic rings. The maximum Gasteiger partial charge on any atom is 0.237 e. The minimum absolute atomic E-state index is 0.0158. The topological polar surface area (TPSA) is 44.4 Å². The van der Waals surface area contributed by atoms with Gasteiger partial charge in [-0.05, 0) is 13.8 Å². The lowest BCUT2D eigenvalue weighted by atomic mass is 10.2. The maximum atomic E-state index is 11.5. The summed E-state index contributed by atoms with van der Waals surface area (Å²) in [6.07, 6.45) is 0. The van der Waals surface area contributed by atoms with Gasteiger partial charge >= 0.3 is 0 Å². The summed E-state index contributed by atoms with van der Waals surface area (Å²) in [6, 6.07) is 0.0158. The third-order valence-electron chi connectivity index (χ3n) is 2.43. The van der Waals surface area contributed by atoms with Crippen molar-refractivity contribution < 1.29 is 4.79 Å². The molecule has 0 aromatic carbocycles. The predicted molar refractivity (Wildman–Crippen MR) is 52.6 cm³/mol. The van der Waals surface area contributed by atoms with Gasteiger partial charge in [0.1, 0.15) is 0 Å². The first-order valence-electron chi connectivity index (χ1n) is 4.98. The van der Waals surface area contributed by atoms with Gasteiger partial charge in [0.05, 0.1) is 6.04 Å². The molecule has 1 heterocycles. The van der Waals surface area contributed by atoms with Crippen LogP contribution in [0.25, 0.3) is 0 Å². The minimum atomic E-state index is 0.0158. The van der Waals surface area contributed by atoms with Crippen LogP contribution in [0.15, 0.2) is 0 Å². The van der Waals surface area contributed by atoms with Crippen LogP contribution in [0.4, 0.5) is 0 Å². The quantitative estimate of drug-likeness (QED) is 0.618. The molecule has 1 rings (SSSR count). The van der Waals surface area contributed by atoms with Crippen LogP contribution < -0.4 is 10.6 Å². The van der Waals surface area contributed by atoms with Gasteiger partial charge in [-0.1, -0.05) is 0 Å². The Kier molecular flexibility index (Phi) is 4.18. The average molecular weight is 185 g/mol. The van der Waals surface area contributed by atoms with E-state index in [0.29, 0.717) is 0 Å². The number of nitrogens with zero attached hydrogens (tertiary/aromatic N) is 1. The second-order valence-electron chi connectivity index (χ2n) is 3.36. The van der Waals surface area contributed by atoms with E-state index in [-0.39, 0.29) is 11.9 Å². The van der Waals surface area contributed by atoms with Crippen LogP contribution in [0, 0.1) is 0 Å². The smallest absolute Gasteiger partial charge is 0.237 e. The Hall–Kier alpha value is -0.610. The molecular weight excluding hydrogens is 166 g/mol. The highest BCUT2D eigenvalue weighted by Crippen LogP contribution is 2.00. The molecule has 4 heteroatoms. The van der Waals surface area contributed by atoms with Crippen molar-refractivity contribution in [3.8, 4) is 0 Å². The summed E-state index contributed by atoms with van der Waals surface area (Å²) < 4.78 is 0. The fraction of sp³-hybridized carbons (Fsp3) is 0.889. The molecule has 4 nitrogen and oxygen atoms in total. The average Bonchev–Trinajstić information content (AvgIpc) is 2.18. The first kappa shape index (κ1) is 10.5. The van der Waals surface area contributed by atoms with E-state index >= 15 is 0 Å². The molecule has 0 bridgehead atoms. The fourth-order valence-corrected chi connectivity index (χ4v) is 1.56. The van der Waals surface area contributed by atoms with Crippen molar-refractivity contribution in [3.63, 3.8) is 0 Å². The third-order valence-corrected chi connectivity index (χ3v) is 2.43. The van der Waals surface area contributed by atoms with Crippen LogP contribution >= 0.6 is 0 Å². The maximum absolute atomic E-state index is 11.5. The molecule has 1 saturated heterocycles. The van der Waals surface area contributed by atoms with Gasteiger partial charge in [-0.2, -0.15) is 0 Å². The van der Waals surface area contributed by atoms with Crippen LogP contribution in [-0.4, -0.2) is 49.6 Å². The van der Waals surface area contributed by atoms with E-state index in [1.54, 1.807) is 0 Å². The highest BCUT2D eigenvalue weighted by atomic mass is 16.2. The van der Waals surface area contributed by atoms with E-state index < -0.39 is 0 Å². The molecule has 1 amide bonds. The second kappa shape index (κ2) is 5.19. The minimum Gasteiger partial charge on any atom is -0.355 e. The molecular formula is C9H19N3O. The molecule has 1 aliphatic heterocycles. The van der Waals surface area contributed by atoms with E-state index in [4.69, 9.17) is 0 Å². The van der Waals surface area contributed by atoms with Crippen molar-refractivity contribution in [1.29, 1.82) is 0 Å². The molecule has 0 aromatic rings. The van der Waals surface area contributed by atoms with Gasteiger partial charge < -0.3 is 10.6 Å². The molecule has 13 heavy (non-hydrogen) atoms. The van der Waals surface area contributed by atoms with Crippen LogP contribution in [0.1, 0.15) is 13.8 Å². The number of rotatable bonds is 3. The molecule has 0 aliphatic carbocycles. The zero-order chi connectivity index (χ0) is 9.68. The Labute approximate surface area is 79.7 Å². The lowest BCUT2D eigenvalue weighted by Crippen LogP contribution is -2.52. The summed E-state index contributed by atoms with van der Waals surface area (Å²) >= 11 is 0. The number of nitrogens with one attached hydrogen (secondary N) is 2. The Bertz CT molecular complexity index is 166. The van der Waals surface area contributed by atoms with Gasteiger partial charge in [-0.25, -0.2) is 0 Å². The van der Waals surface area contributed by atoms with Gasteiger partial charge in [0, 0.05) is 32.7 Å². The molecule has 0 saturated carbocycles. The monoisotopic (exact) mass is 185 g/mol. The summed E-state index contributed by atoms with van der Waals surface area (Å²) in [4.78, 5) is 13.7. The predicted octanol–water partition coefficient (Wildman–Crippen LogP) is -0.584. The second-order valence-corrected chi connectivity index (χ2v) is 3.36. The highest BCUT2D eigenvalue weighted by molar-refractivity contribution is 5.81. The first-order valence-corrected chi connectivity index (χ1v) is 4.98. The van der Waals surface area contributed by atoms with E-state index in [9.17, 15) is 4.79 Å². The van der Waals surface area contributed by atoms with E-state index in [0.717, 1.165) is 32.7 Å².